The van der Waals surface area contributed by atoms with Crippen molar-refractivity contribution in [2.45, 2.75) is 45.2 Å². The SMILES string of the molecule is CC(CN1CCCCCC1)NCc1nnc(N)s1. The summed E-state index contributed by atoms with van der Waals surface area (Å²) >= 11 is 1.46. The molecule has 1 aliphatic heterocycles. The molecule has 1 aromatic heterocycles. The molecule has 0 amide bonds. The molecule has 18 heavy (non-hydrogen) atoms. The highest BCUT2D eigenvalue weighted by Crippen LogP contribution is 2.12. The predicted octanol–water partition coefficient (Wildman–Crippen LogP) is 1.47. The highest BCUT2D eigenvalue weighted by Gasteiger charge is 2.12. The number of nitrogens with zero attached hydrogens (tertiary/aromatic N) is 3. The lowest BCUT2D eigenvalue weighted by Gasteiger charge is -2.24. The molecule has 2 heterocycles. The van der Waals surface area contributed by atoms with Crippen molar-refractivity contribution >= 4 is 16.5 Å². The van der Waals surface area contributed by atoms with E-state index in [0.717, 1.165) is 18.1 Å². The van der Waals surface area contributed by atoms with E-state index < -0.39 is 0 Å². The van der Waals surface area contributed by atoms with Gasteiger partial charge in [-0.05, 0) is 32.9 Å². The highest BCUT2D eigenvalue weighted by molar-refractivity contribution is 7.15. The van der Waals surface area contributed by atoms with Crippen LogP contribution in [0.15, 0.2) is 0 Å². The lowest BCUT2D eigenvalue weighted by atomic mass is 10.2. The molecule has 1 aromatic rings. The summed E-state index contributed by atoms with van der Waals surface area (Å²) in [5.74, 6) is 0. The van der Waals surface area contributed by atoms with Gasteiger partial charge in [0.25, 0.3) is 0 Å². The van der Waals surface area contributed by atoms with Crippen LogP contribution in [0.3, 0.4) is 0 Å². The molecule has 102 valence electrons. The summed E-state index contributed by atoms with van der Waals surface area (Å²) in [6, 6.07) is 0.480. The second kappa shape index (κ2) is 7.01. The van der Waals surface area contributed by atoms with Crippen molar-refractivity contribution in [3.8, 4) is 0 Å². The quantitative estimate of drug-likeness (QED) is 0.847. The van der Waals surface area contributed by atoms with Gasteiger partial charge in [0.15, 0.2) is 0 Å². The van der Waals surface area contributed by atoms with E-state index in [9.17, 15) is 0 Å². The number of aromatic nitrogens is 2. The smallest absolute Gasteiger partial charge is 0.203 e. The number of rotatable bonds is 5. The normalized spacial score (nSPS) is 19.6. The molecule has 0 aliphatic carbocycles. The fourth-order valence-electron chi connectivity index (χ4n) is 2.37. The van der Waals surface area contributed by atoms with E-state index in [1.54, 1.807) is 0 Å². The summed E-state index contributed by atoms with van der Waals surface area (Å²) in [6.07, 6.45) is 5.48. The largest absolute Gasteiger partial charge is 0.374 e. The van der Waals surface area contributed by atoms with Gasteiger partial charge < -0.3 is 16.0 Å². The molecule has 0 saturated carbocycles. The van der Waals surface area contributed by atoms with Crippen LogP contribution in [-0.2, 0) is 6.54 Å². The predicted molar refractivity (Wildman–Crippen MR) is 75.5 cm³/mol. The van der Waals surface area contributed by atoms with Crippen molar-refractivity contribution in [1.29, 1.82) is 0 Å². The molecule has 1 aliphatic rings. The molecule has 0 spiro atoms. The molecule has 5 nitrogen and oxygen atoms in total. The number of likely N-dealkylation sites (tertiary alicyclic amines) is 1. The first kappa shape index (κ1) is 13.7. The number of nitrogens with one attached hydrogen (secondary N) is 1. The van der Waals surface area contributed by atoms with Gasteiger partial charge in [0, 0.05) is 12.6 Å². The second-order valence-electron chi connectivity index (χ2n) is 5.03. The number of anilines is 1. The molecule has 1 unspecified atom stereocenters. The summed E-state index contributed by atoms with van der Waals surface area (Å²) in [5, 5.41) is 12.8. The summed E-state index contributed by atoms with van der Waals surface area (Å²) in [7, 11) is 0. The van der Waals surface area contributed by atoms with Crippen LogP contribution in [-0.4, -0.2) is 40.8 Å². The molecule has 1 fully saturated rings. The fraction of sp³-hybridized carbons (Fsp3) is 0.833. The number of nitrogen functional groups attached to an aromatic ring is 1. The van der Waals surface area contributed by atoms with Crippen LogP contribution in [0.4, 0.5) is 5.13 Å². The van der Waals surface area contributed by atoms with Gasteiger partial charge in [-0.25, -0.2) is 0 Å². The minimum absolute atomic E-state index is 0.480. The van der Waals surface area contributed by atoms with Crippen LogP contribution in [0.25, 0.3) is 0 Å². The Hall–Kier alpha value is -0.720. The Morgan fingerprint density at radius 3 is 2.61 bits per heavy atom. The van der Waals surface area contributed by atoms with Crippen molar-refractivity contribution in [1.82, 2.24) is 20.4 Å². The topological polar surface area (TPSA) is 67.1 Å². The Morgan fingerprint density at radius 1 is 1.28 bits per heavy atom. The zero-order chi connectivity index (χ0) is 12.8. The van der Waals surface area contributed by atoms with Crippen molar-refractivity contribution in [3.63, 3.8) is 0 Å². The molecule has 3 N–H and O–H groups in total. The van der Waals surface area contributed by atoms with Crippen molar-refractivity contribution in [2.75, 3.05) is 25.4 Å². The molecule has 6 heteroatoms. The third-order valence-electron chi connectivity index (χ3n) is 3.31. The number of hydrogen-bond acceptors (Lipinski definition) is 6. The Labute approximate surface area is 113 Å². The summed E-state index contributed by atoms with van der Waals surface area (Å²) < 4.78 is 0. The van der Waals surface area contributed by atoms with Gasteiger partial charge in [0.1, 0.15) is 5.01 Å². The Kier molecular flexibility index (Phi) is 5.34. The van der Waals surface area contributed by atoms with E-state index in [4.69, 9.17) is 5.73 Å². The molecule has 1 atom stereocenters. The lowest BCUT2D eigenvalue weighted by molar-refractivity contribution is 0.255. The van der Waals surface area contributed by atoms with Crippen LogP contribution < -0.4 is 11.1 Å². The third-order valence-corrected chi connectivity index (χ3v) is 4.07. The second-order valence-corrected chi connectivity index (χ2v) is 6.12. The lowest BCUT2D eigenvalue weighted by Crippen LogP contribution is -2.39. The fourth-order valence-corrected chi connectivity index (χ4v) is 2.93. The maximum atomic E-state index is 5.56. The summed E-state index contributed by atoms with van der Waals surface area (Å²) in [5.41, 5.74) is 5.56. The first-order valence-corrected chi connectivity index (χ1v) is 7.59. The molecule has 0 aromatic carbocycles. The van der Waals surface area contributed by atoms with E-state index in [2.05, 4.69) is 27.3 Å². The number of hydrogen-bond donors (Lipinski definition) is 2. The Bertz CT molecular complexity index is 346. The monoisotopic (exact) mass is 269 g/mol. The third kappa shape index (κ3) is 4.51. The molecule has 2 rings (SSSR count). The molecule has 0 radical (unpaired) electrons. The van der Waals surface area contributed by atoms with Gasteiger partial charge in [-0.3, -0.25) is 0 Å². The van der Waals surface area contributed by atoms with Crippen LogP contribution in [0, 0.1) is 0 Å². The average molecular weight is 269 g/mol. The van der Waals surface area contributed by atoms with E-state index in [1.165, 1.54) is 50.1 Å². The summed E-state index contributed by atoms with van der Waals surface area (Å²) in [4.78, 5) is 2.57. The van der Waals surface area contributed by atoms with Gasteiger partial charge in [-0.2, -0.15) is 0 Å². The van der Waals surface area contributed by atoms with Crippen LogP contribution in [0.1, 0.15) is 37.6 Å². The minimum atomic E-state index is 0.480. The first-order chi connectivity index (χ1) is 8.74. The van der Waals surface area contributed by atoms with Gasteiger partial charge in [-0.1, -0.05) is 24.2 Å². The van der Waals surface area contributed by atoms with Crippen LogP contribution in [0.5, 0.6) is 0 Å². The minimum Gasteiger partial charge on any atom is -0.374 e. The Balaban J connectivity index is 1.69. The van der Waals surface area contributed by atoms with E-state index in [0.29, 0.717) is 11.2 Å². The number of nitrogens with two attached hydrogens (primary N) is 1. The zero-order valence-corrected chi connectivity index (χ0v) is 11.9. The maximum absolute atomic E-state index is 5.56. The van der Waals surface area contributed by atoms with Crippen LogP contribution in [0.2, 0.25) is 0 Å². The van der Waals surface area contributed by atoms with Gasteiger partial charge in [0.2, 0.25) is 5.13 Å². The van der Waals surface area contributed by atoms with E-state index in [1.807, 2.05) is 0 Å². The van der Waals surface area contributed by atoms with Gasteiger partial charge in [0.05, 0.1) is 6.54 Å². The maximum Gasteiger partial charge on any atom is 0.203 e. The highest BCUT2D eigenvalue weighted by atomic mass is 32.1. The van der Waals surface area contributed by atoms with Crippen LogP contribution >= 0.6 is 11.3 Å². The van der Waals surface area contributed by atoms with Crippen molar-refractivity contribution in [3.05, 3.63) is 5.01 Å². The molecule has 1 saturated heterocycles. The van der Waals surface area contributed by atoms with Gasteiger partial charge >= 0.3 is 0 Å². The zero-order valence-electron chi connectivity index (χ0n) is 11.1. The van der Waals surface area contributed by atoms with E-state index in [-0.39, 0.29) is 0 Å². The molecular formula is C12H23N5S. The standard InChI is InChI=1S/C12H23N5S/c1-10(9-17-6-4-2-3-5-7-17)14-8-11-15-16-12(13)18-11/h10,14H,2-9H2,1H3,(H2,13,16). The molecule has 0 bridgehead atoms. The van der Waals surface area contributed by atoms with Crippen molar-refractivity contribution < 1.29 is 0 Å². The van der Waals surface area contributed by atoms with E-state index >= 15 is 0 Å². The first-order valence-electron chi connectivity index (χ1n) is 6.77. The van der Waals surface area contributed by atoms with Gasteiger partial charge in [-0.15, -0.1) is 10.2 Å². The molecular weight excluding hydrogens is 246 g/mol. The average Bonchev–Trinajstić information content (AvgIpc) is 2.60. The Morgan fingerprint density at radius 2 is 2.00 bits per heavy atom. The van der Waals surface area contributed by atoms with Crippen molar-refractivity contribution in [2.24, 2.45) is 0 Å². The summed E-state index contributed by atoms with van der Waals surface area (Å²) in [6.45, 7) is 6.61.